The number of carbonyl (C=O) groups is 1. The minimum absolute atomic E-state index is 0.175. The average Bonchev–Trinajstić information content (AvgIpc) is 2.90. The summed E-state index contributed by atoms with van der Waals surface area (Å²) in [6.45, 7) is 0.355. The zero-order valence-electron chi connectivity index (χ0n) is 9.72. The highest BCUT2D eigenvalue weighted by molar-refractivity contribution is 5.94. The first kappa shape index (κ1) is 11.9. The highest BCUT2D eigenvalue weighted by Gasteiger charge is 2.06. The van der Waals surface area contributed by atoms with Crippen LogP contribution in [-0.4, -0.2) is 5.91 Å². The first-order chi connectivity index (χ1) is 8.79. The monoisotopic (exact) mass is 240 g/mol. The summed E-state index contributed by atoms with van der Waals surface area (Å²) in [7, 11) is 0. The molecule has 0 spiro atoms. The molecular weight excluding hydrogens is 228 g/mol. The zero-order valence-corrected chi connectivity index (χ0v) is 9.72. The van der Waals surface area contributed by atoms with E-state index in [9.17, 15) is 4.79 Å². The van der Waals surface area contributed by atoms with Gasteiger partial charge in [0.15, 0.2) is 0 Å². The summed E-state index contributed by atoms with van der Waals surface area (Å²) in [5.74, 6) is 0.530. The first-order valence-corrected chi connectivity index (χ1v) is 5.56. The minimum Gasteiger partial charge on any atom is -0.467 e. The van der Waals surface area contributed by atoms with Crippen LogP contribution in [0.3, 0.4) is 0 Å². The smallest absolute Gasteiger partial charge is 0.251 e. The molecule has 18 heavy (non-hydrogen) atoms. The highest BCUT2D eigenvalue weighted by Crippen LogP contribution is 2.06. The standard InChI is InChI=1S/C14H12N2O2/c15-7-6-11-3-1-4-12(9-11)14(17)16-10-13-5-2-8-18-13/h1-5,8-9H,6,10H2,(H,16,17). The van der Waals surface area contributed by atoms with Crippen molar-refractivity contribution in [2.75, 3.05) is 0 Å². The van der Waals surface area contributed by atoms with Gasteiger partial charge in [-0.3, -0.25) is 4.79 Å². The normalized spacial score (nSPS) is 9.72. The van der Waals surface area contributed by atoms with E-state index in [1.54, 1.807) is 36.6 Å². The third-order valence-electron chi connectivity index (χ3n) is 2.48. The van der Waals surface area contributed by atoms with Crippen LogP contribution in [0.2, 0.25) is 0 Å². The van der Waals surface area contributed by atoms with Gasteiger partial charge in [-0.15, -0.1) is 0 Å². The molecule has 1 amide bonds. The number of nitriles is 1. The summed E-state index contributed by atoms with van der Waals surface area (Å²) >= 11 is 0. The number of benzene rings is 1. The number of rotatable bonds is 4. The van der Waals surface area contributed by atoms with Crippen LogP contribution in [-0.2, 0) is 13.0 Å². The Kier molecular flexibility index (Phi) is 3.77. The average molecular weight is 240 g/mol. The van der Waals surface area contributed by atoms with Crippen molar-refractivity contribution >= 4 is 5.91 Å². The van der Waals surface area contributed by atoms with Gasteiger partial charge in [0.25, 0.3) is 5.91 Å². The van der Waals surface area contributed by atoms with Crippen molar-refractivity contribution in [2.24, 2.45) is 0 Å². The van der Waals surface area contributed by atoms with E-state index in [1.807, 2.05) is 6.07 Å². The Bertz CT molecular complexity index is 568. The lowest BCUT2D eigenvalue weighted by atomic mass is 10.1. The number of nitrogens with one attached hydrogen (secondary N) is 1. The third kappa shape index (κ3) is 2.98. The highest BCUT2D eigenvalue weighted by atomic mass is 16.3. The number of hydrogen-bond acceptors (Lipinski definition) is 3. The fourth-order valence-corrected chi connectivity index (χ4v) is 1.60. The Morgan fingerprint density at radius 1 is 1.33 bits per heavy atom. The molecule has 0 atom stereocenters. The van der Waals surface area contributed by atoms with E-state index in [-0.39, 0.29) is 5.91 Å². The second-order valence-corrected chi connectivity index (χ2v) is 3.80. The van der Waals surface area contributed by atoms with Gasteiger partial charge in [0, 0.05) is 5.56 Å². The summed E-state index contributed by atoms with van der Waals surface area (Å²) < 4.78 is 5.12. The van der Waals surface area contributed by atoms with Gasteiger partial charge in [0.05, 0.1) is 25.3 Å². The molecule has 0 bridgehead atoms. The second kappa shape index (κ2) is 5.69. The number of hydrogen-bond donors (Lipinski definition) is 1. The second-order valence-electron chi connectivity index (χ2n) is 3.80. The molecule has 4 heteroatoms. The van der Waals surface area contributed by atoms with Crippen LogP contribution < -0.4 is 5.32 Å². The van der Waals surface area contributed by atoms with E-state index in [2.05, 4.69) is 11.4 Å². The van der Waals surface area contributed by atoms with E-state index in [4.69, 9.17) is 9.68 Å². The summed E-state index contributed by atoms with van der Waals surface area (Å²) in [6, 6.07) is 12.7. The van der Waals surface area contributed by atoms with Crippen molar-refractivity contribution in [1.29, 1.82) is 5.26 Å². The Morgan fingerprint density at radius 3 is 2.94 bits per heavy atom. The Hall–Kier alpha value is -2.54. The van der Waals surface area contributed by atoms with Crippen LogP contribution in [0.1, 0.15) is 21.7 Å². The fourth-order valence-electron chi connectivity index (χ4n) is 1.60. The summed E-state index contributed by atoms with van der Waals surface area (Å²) in [5, 5.41) is 11.4. The molecule has 0 unspecified atom stereocenters. The molecule has 0 saturated carbocycles. The lowest BCUT2D eigenvalue weighted by Crippen LogP contribution is -2.22. The van der Waals surface area contributed by atoms with Gasteiger partial charge in [0.2, 0.25) is 0 Å². The molecule has 1 N–H and O–H groups in total. The summed E-state index contributed by atoms with van der Waals surface area (Å²) in [5.41, 5.74) is 1.39. The maximum atomic E-state index is 11.9. The van der Waals surface area contributed by atoms with E-state index in [1.165, 1.54) is 0 Å². The minimum atomic E-state index is -0.175. The molecular formula is C14H12N2O2. The van der Waals surface area contributed by atoms with E-state index in [0.29, 0.717) is 24.3 Å². The van der Waals surface area contributed by atoms with Gasteiger partial charge in [-0.25, -0.2) is 0 Å². The maximum absolute atomic E-state index is 11.9. The molecule has 4 nitrogen and oxygen atoms in total. The van der Waals surface area contributed by atoms with Gasteiger partial charge < -0.3 is 9.73 Å². The molecule has 2 rings (SSSR count). The van der Waals surface area contributed by atoms with Crippen molar-refractivity contribution in [3.05, 3.63) is 59.5 Å². The third-order valence-corrected chi connectivity index (χ3v) is 2.48. The molecule has 0 fully saturated rings. The van der Waals surface area contributed by atoms with Crippen molar-refractivity contribution in [1.82, 2.24) is 5.32 Å². The quantitative estimate of drug-likeness (QED) is 0.891. The SMILES string of the molecule is N#CCc1cccc(C(=O)NCc2ccco2)c1. The van der Waals surface area contributed by atoms with Crippen LogP contribution in [0.15, 0.2) is 47.1 Å². The number of amides is 1. The zero-order chi connectivity index (χ0) is 12.8. The Balaban J connectivity index is 2.00. The molecule has 0 aliphatic rings. The Labute approximate surface area is 105 Å². The molecule has 90 valence electrons. The van der Waals surface area contributed by atoms with Gasteiger partial charge in [0.1, 0.15) is 5.76 Å². The van der Waals surface area contributed by atoms with E-state index >= 15 is 0 Å². The maximum Gasteiger partial charge on any atom is 0.251 e. The molecule has 0 aliphatic carbocycles. The fraction of sp³-hybridized carbons (Fsp3) is 0.143. The lowest BCUT2D eigenvalue weighted by molar-refractivity contribution is 0.0948. The topological polar surface area (TPSA) is 66.0 Å². The molecule has 0 radical (unpaired) electrons. The van der Waals surface area contributed by atoms with Crippen molar-refractivity contribution in [3.8, 4) is 6.07 Å². The summed E-state index contributed by atoms with van der Waals surface area (Å²) in [4.78, 5) is 11.9. The van der Waals surface area contributed by atoms with Gasteiger partial charge in [-0.1, -0.05) is 12.1 Å². The van der Waals surface area contributed by atoms with Crippen LogP contribution in [0.5, 0.6) is 0 Å². The molecule has 0 aliphatic heterocycles. The van der Waals surface area contributed by atoms with Gasteiger partial charge in [-0.05, 0) is 29.8 Å². The largest absolute Gasteiger partial charge is 0.467 e. The van der Waals surface area contributed by atoms with Crippen LogP contribution in [0.25, 0.3) is 0 Å². The van der Waals surface area contributed by atoms with Crippen LogP contribution >= 0.6 is 0 Å². The van der Waals surface area contributed by atoms with Crippen LogP contribution in [0.4, 0.5) is 0 Å². The van der Waals surface area contributed by atoms with E-state index < -0.39 is 0 Å². The van der Waals surface area contributed by atoms with Gasteiger partial charge >= 0.3 is 0 Å². The van der Waals surface area contributed by atoms with Gasteiger partial charge in [-0.2, -0.15) is 5.26 Å². The molecule has 1 aromatic carbocycles. The van der Waals surface area contributed by atoms with Crippen molar-refractivity contribution < 1.29 is 9.21 Å². The predicted octanol–water partition coefficient (Wildman–Crippen LogP) is 2.28. The van der Waals surface area contributed by atoms with Crippen LogP contribution in [0, 0.1) is 11.3 Å². The number of nitrogens with zero attached hydrogens (tertiary/aromatic N) is 1. The lowest BCUT2D eigenvalue weighted by Gasteiger charge is -2.04. The first-order valence-electron chi connectivity index (χ1n) is 5.56. The van der Waals surface area contributed by atoms with E-state index in [0.717, 1.165) is 5.56 Å². The van der Waals surface area contributed by atoms with Crippen molar-refractivity contribution in [3.63, 3.8) is 0 Å². The van der Waals surface area contributed by atoms with Crippen molar-refractivity contribution in [2.45, 2.75) is 13.0 Å². The predicted molar refractivity (Wildman–Crippen MR) is 65.6 cm³/mol. The molecule has 0 saturated heterocycles. The number of carbonyl (C=O) groups excluding carboxylic acids is 1. The number of furan rings is 1. The molecule has 2 aromatic rings. The molecule has 1 heterocycles. The summed E-state index contributed by atoms with van der Waals surface area (Å²) in [6.07, 6.45) is 1.87. The Morgan fingerprint density at radius 2 is 2.22 bits per heavy atom. The molecule has 1 aromatic heterocycles.